The summed E-state index contributed by atoms with van der Waals surface area (Å²) in [5, 5.41) is 3.51. The average Bonchev–Trinajstić information content (AvgIpc) is 2.41. The van der Waals surface area contributed by atoms with Crippen LogP contribution in [0.4, 0.5) is 0 Å². The molecule has 2 nitrogen and oxygen atoms in total. The van der Waals surface area contributed by atoms with Gasteiger partial charge in [0.1, 0.15) is 0 Å². The molecule has 2 aliphatic rings. The van der Waals surface area contributed by atoms with E-state index in [-0.39, 0.29) is 0 Å². The quantitative estimate of drug-likeness (QED) is 0.835. The van der Waals surface area contributed by atoms with E-state index < -0.39 is 0 Å². The van der Waals surface area contributed by atoms with Gasteiger partial charge in [0.25, 0.3) is 0 Å². The molecule has 0 aromatic carbocycles. The fourth-order valence-corrected chi connectivity index (χ4v) is 4.37. The van der Waals surface area contributed by atoms with Crippen molar-refractivity contribution >= 4 is 0 Å². The Hall–Kier alpha value is -0.0800. The van der Waals surface area contributed by atoms with E-state index in [1.165, 1.54) is 71.0 Å². The zero-order chi connectivity index (χ0) is 14.6. The molecule has 0 aromatic rings. The van der Waals surface area contributed by atoms with Gasteiger partial charge in [-0.3, -0.25) is 0 Å². The van der Waals surface area contributed by atoms with Crippen LogP contribution in [0.2, 0.25) is 0 Å². The summed E-state index contributed by atoms with van der Waals surface area (Å²) in [5.74, 6) is 0. The highest BCUT2D eigenvalue weighted by atomic mass is 15.1. The normalized spacial score (nSPS) is 25.8. The molecule has 1 aliphatic heterocycles. The van der Waals surface area contributed by atoms with Crippen LogP contribution in [0.1, 0.15) is 72.1 Å². The molecular weight excluding hydrogens is 244 g/mol. The van der Waals surface area contributed by atoms with Crippen LogP contribution in [0, 0.1) is 10.8 Å². The van der Waals surface area contributed by atoms with Crippen molar-refractivity contribution in [3.63, 3.8) is 0 Å². The molecule has 1 atom stereocenters. The SMILES string of the molecule is CNC(CCN1CCC2(CCCCC2)CC1)C(C)(C)C. The second-order valence-electron chi connectivity index (χ2n) is 8.40. The van der Waals surface area contributed by atoms with Gasteiger partial charge < -0.3 is 10.2 Å². The van der Waals surface area contributed by atoms with Gasteiger partial charge in [0.05, 0.1) is 0 Å². The highest BCUT2D eigenvalue weighted by Gasteiger charge is 2.35. The van der Waals surface area contributed by atoms with Crippen molar-refractivity contribution in [3.8, 4) is 0 Å². The van der Waals surface area contributed by atoms with Crippen LogP contribution in [0.3, 0.4) is 0 Å². The highest BCUT2D eigenvalue weighted by molar-refractivity contribution is 4.89. The summed E-state index contributed by atoms with van der Waals surface area (Å²) in [6.07, 6.45) is 11.7. The van der Waals surface area contributed by atoms with Gasteiger partial charge in [-0.05, 0) is 69.6 Å². The summed E-state index contributed by atoms with van der Waals surface area (Å²) in [6.45, 7) is 11.0. The van der Waals surface area contributed by atoms with Crippen LogP contribution in [0.5, 0.6) is 0 Å². The predicted molar refractivity (Wildman–Crippen MR) is 88.1 cm³/mol. The second kappa shape index (κ2) is 6.79. The van der Waals surface area contributed by atoms with E-state index in [4.69, 9.17) is 0 Å². The number of rotatable bonds is 4. The molecule has 118 valence electrons. The molecule has 1 saturated heterocycles. The monoisotopic (exact) mass is 280 g/mol. The zero-order valence-corrected chi connectivity index (χ0v) is 14.3. The lowest BCUT2D eigenvalue weighted by Crippen LogP contribution is -2.45. The smallest absolute Gasteiger partial charge is 0.0125 e. The van der Waals surface area contributed by atoms with Gasteiger partial charge >= 0.3 is 0 Å². The summed E-state index contributed by atoms with van der Waals surface area (Å²) >= 11 is 0. The highest BCUT2D eigenvalue weighted by Crippen LogP contribution is 2.44. The van der Waals surface area contributed by atoms with E-state index in [0.717, 1.165) is 5.41 Å². The van der Waals surface area contributed by atoms with Gasteiger partial charge in [0, 0.05) is 6.04 Å². The van der Waals surface area contributed by atoms with E-state index in [2.05, 4.69) is 38.0 Å². The van der Waals surface area contributed by atoms with Crippen LogP contribution >= 0.6 is 0 Å². The Bertz CT molecular complexity index is 276. The molecule has 0 amide bonds. The molecule has 2 rings (SSSR count). The Morgan fingerprint density at radius 1 is 1.00 bits per heavy atom. The van der Waals surface area contributed by atoms with Gasteiger partial charge in [0.2, 0.25) is 0 Å². The maximum absolute atomic E-state index is 3.51. The molecule has 1 N–H and O–H groups in total. The molecular formula is C18H36N2. The molecule has 0 aromatic heterocycles. The summed E-state index contributed by atoms with van der Waals surface area (Å²) in [5.41, 5.74) is 1.12. The van der Waals surface area contributed by atoms with Crippen molar-refractivity contribution in [1.82, 2.24) is 10.2 Å². The van der Waals surface area contributed by atoms with Crippen molar-refractivity contribution in [2.75, 3.05) is 26.7 Å². The minimum absolute atomic E-state index is 0.370. The molecule has 2 heteroatoms. The summed E-state index contributed by atoms with van der Waals surface area (Å²) < 4.78 is 0. The molecule has 1 saturated carbocycles. The van der Waals surface area contributed by atoms with Crippen molar-refractivity contribution in [2.45, 2.75) is 78.2 Å². The topological polar surface area (TPSA) is 15.3 Å². The molecule has 2 fully saturated rings. The standard InChI is InChI=1S/C18H36N2/c1-17(2,3)16(19-4)8-13-20-14-11-18(12-15-20)9-6-5-7-10-18/h16,19H,5-15H2,1-4H3. The fourth-order valence-electron chi connectivity index (χ4n) is 4.37. The van der Waals surface area contributed by atoms with Crippen LogP contribution in [0.15, 0.2) is 0 Å². The van der Waals surface area contributed by atoms with E-state index >= 15 is 0 Å². The third-order valence-corrected chi connectivity index (χ3v) is 5.96. The maximum atomic E-state index is 3.51. The first kappa shape index (κ1) is 16.3. The summed E-state index contributed by atoms with van der Waals surface area (Å²) in [4.78, 5) is 2.72. The van der Waals surface area contributed by atoms with Crippen LogP contribution in [-0.4, -0.2) is 37.6 Å². The lowest BCUT2D eigenvalue weighted by Gasteiger charge is -2.45. The van der Waals surface area contributed by atoms with Gasteiger partial charge in [-0.15, -0.1) is 0 Å². The molecule has 1 heterocycles. The number of likely N-dealkylation sites (tertiary alicyclic amines) is 1. The molecule has 1 spiro atoms. The van der Waals surface area contributed by atoms with Crippen LogP contribution < -0.4 is 5.32 Å². The van der Waals surface area contributed by atoms with E-state index in [0.29, 0.717) is 11.5 Å². The van der Waals surface area contributed by atoms with Crippen molar-refractivity contribution in [2.24, 2.45) is 10.8 Å². The van der Waals surface area contributed by atoms with Gasteiger partial charge in [-0.25, -0.2) is 0 Å². The summed E-state index contributed by atoms with van der Waals surface area (Å²) in [6, 6.07) is 0.632. The first-order valence-electron chi connectivity index (χ1n) is 8.85. The third-order valence-electron chi connectivity index (χ3n) is 5.96. The molecule has 20 heavy (non-hydrogen) atoms. The van der Waals surface area contributed by atoms with Crippen LogP contribution in [0.25, 0.3) is 0 Å². The average molecular weight is 280 g/mol. The number of piperidine rings is 1. The van der Waals surface area contributed by atoms with Gasteiger partial charge in [0.15, 0.2) is 0 Å². The van der Waals surface area contributed by atoms with Gasteiger partial charge in [-0.2, -0.15) is 0 Å². The Kier molecular flexibility index (Phi) is 5.53. The van der Waals surface area contributed by atoms with Crippen molar-refractivity contribution in [1.29, 1.82) is 0 Å². The molecule has 1 unspecified atom stereocenters. The predicted octanol–water partition coefficient (Wildman–Crippen LogP) is 4.06. The lowest BCUT2D eigenvalue weighted by molar-refractivity contribution is 0.0633. The Labute approximate surface area is 126 Å². The molecule has 1 aliphatic carbocycles. The first-order chi connectivity index (χ1) is 9.45. The number of hydrogen-bond donors (Lipinski definition) is 1. The Morgan fingerprint density at radius 3 is 2.10 bits per heavy atom. The number of nitrogens with one attached hydrogen (secondary N) is 1. The second-order valence-corrected chi connectivity index (χ2v) is 8.40. The minimum Gasteiger partial charge on any atom is -0.316 e. The Morgan fingerprint density at radius 2 is 1.60 bits per heavy atom. The maximum Gasteiger partial charge on any atom is 0.0125 e. The van der Waals surface area contributed by atoms with E-state index in [9.17, 15) is 0 Å². The fraction of sp³-hybridized carbons (Fsp3) is 1.00. The van der Waals surface area contributed by atoms with Gasteiger partial charge in [-0.1, -0.05) is 40.0 Å². The van der Waals surface area contributed by atoms with Crippen LogP contribution in [-0.2, 0) is 0 Å². The largest absolute Gasteiger partial charge is 0.316 e. The first-order valence-corrected chi connectivity index (χ1v) is 8.85. The Balaban J connectivity index is 1.74. The zero-order valence-electron chi connectivity index (χ0n) is 14.3. The van der Waals surface area contributed by atoms with E-state index in [1.54, 1.807) is 0 Å². The van der Waals surface area contributed by atoms with E-state index in [1.807, 2.05) is 0 Å². The summed E-state index contributed by atoms with van der Waals surface area (Å²) in [7, 11) is 2.11. The van der Waals surface area contributed by atoms with Crippen molar-refractivity contribution in [3.05, 3.63) is 0 Å². The number of hydrogen-bond acceptors (Lipinski definition) is 2. The molecule has 0 bridgehead atoms. The number of nitrogens with zero attached hydrogens (tertiary/aromatic N) is 1. The molecule has 0 radical (unpaired) electrons. The van der Waals surface area contributed by atoms with Crippen molar-refractivity contribution < 1.29 is 0 Å². The minimum atomic E-state index is 0.370. The third kappa shape index (κ3) is 4.21. The lowest BCUT2D eigenvalue weighted by atomic mass is 9.68.